The van der Waals surface area contributed by atoms with Gasteiger partial charge in [0.15, 0.2) is 0 Å². The zero-order valence-corrected chi connectivity index (χ0v) is 16.3. The van der Waals surface area contributed by atoms with Crippen molar-refractivity contribution >= 4 is 5.97 Å². The highest BCUT2D eigenvalue weighted by atomic mass is 19.4. The monoisotopic (exact) mass is 408 g/mol. The second-order valence-electron chi connectivity index (χ2n) is 6.81. The summed E-state index contributed by atoms with van der Waals surface area (Å²) in [5.41, 5.74) is 1.12. The van der Waals surface area contributed by atoms with Crippen LogP contribution in [0.2, 0.25) is 0 Å². The number of benzene rings is 2. The van der Waals surface area contributed by atoms with Crippen molar-refractivity contribution in [2.45, 2.75) is 44.6 Å². The third kappa shape index (κ3) is 4.90. The molecule has 1 aliphatic carbocycles. The van der Waals surface area contributed by atoms with E-state index >= 15 is 0 Å². The van der Waals surface area contributed by atoms with E-state index < -0.39 is 23.9 Å². The number of alkyl halides is 3. The molecule has 1 unspecified atom stereocenters. The largest absolute Gasteiger partial charge is 0.486 e. The van der Waals surface area contributed by atoms with Crippen molar-refractivity contribution in [2.24, 2.45) is 0 Å². The Morgan fingerprint density at radius 2 is 1.90 bits per heavy atom. The third-order valence-corrected chi connectivity index (χ3v) is 5.00. The number of fused-ring (bicyclic) bond motifs is 1. The van der Waals surface area contributed by atoms with E-state index in [1.165, 1.54) is 13.2 Å². The molecule has 0 amide bonds. The molecule has 2 atom stereocenters. The van der Waals surface area contributed by atoms with Crippen molar-refractivity contribution in [2.75, 3.05) is 13.7 Å². The Bertz CT molecular complexity index is 846. The summed E-state index contributed by atoms with van der Waals surface area (Å²) in [5.74, 6) is 0.184. The predicted molar refractivity (Wildman–Crippen MR) is 101 cm³/mol. The lowest BCUT2D eigenvalue weighted by Gasteiger charge is -2.19. The molecule has 3 rings (SSSR count). The van der Waals surface area contributed by atoms with Gasteiger partial charge in [-0.3, -0.25) is 4.79 Å². The molecule has 0 radical (unpaired) electrons. The summed E-state index contributed by atoms with van der Waals surface area (Å²) in [6, 6.07) is 11.3. The van der Waals surface area contributed by atoms with Crippen molar-refractivity contribution in [1.29, 1.82) is 0 Å². The molecule has 0 aliphatic heterocycles. The average Bonchev–Trinajstić information content (AvgIpc) is 3.10. The molecule has 0 spiro atoms. The number of carbonyl (C=O) groups excluding carboxylic acids is 1. The van der Waals surface area contributed by atoms with Crippen LogP contribution in [0.25, 0.3) is 0 Å². The maximum atomic E-state index is 13.2. The topological polar surface area (TPSA) is 44.8 Å². The summed E-state index contributed by atoms with van der Waals surface area (Å²) in [7, 11) is 1.33. The smallest absolute Gasteiger partial charge is 0.416 e. The van der Waals surface area contributed by atoms with Crippen molar-refractivity contribution < 1.29 is 32.2 Å². The fourth-order valence-electron chi connectivity index (χ4n) is 3.64. The Morgan fingerprint density at radius 1 is 1.17 bits per heavy atom. The highest BCUT2D eigenvalue weighted by Gasteiger charge is 2.37. The van der Waals surface area contributed by atoms with E-state index in [9.17, 15) is 18.0 Å². The molecule has 2 aromatic carbocycles. The van der Waals surface area contributed by atoms with Gasteiger partial charge in [0.25, 0.3) is 0 Å². The van der Waals surface area contributed by atoms with Crippen molar-refractivity contribution in [1.82, 2.24) is 0 Å². The maximum absolute atomic E-state index is 13.2. The molecular weight excluding hydrogens is 385 g/mol. The van der Waals surface area contributed by atoms with Crippen LogP contribution in [0.1, 0.15) is 54.2 Å². The third-order valence-electron chi connectivity index (χ3n) is 5.00. The zero-order chi connectivity index (χ0) is 21.0. The number of hydrogen-bond acceptors (Lipinski definition) is 4. The molecule has 0 saturated carbocycles. The first-order chi connectivity index (χ1) is 13.8. The van der Waals surface area contributed by atoms with Crippen LogP contribution in [0.4, 0.5) is 13.2 Å². The molecule has 0 fully saturated rings. The second-order valence-corrected chi connectivity index (χ2v) is 6.81. The Balaban J connectivity index is 1.74. The molecule has 0 N–H and O–H groups in total. The van der Waals surface area contributed by atoms with E-state index in [1.807, 2.05) is 6.92 Å². The van der Waals surface area contributed by atoms with Gasteiger partial charge in [0.05, 0.1) is 25.2 Å². The summed E-state index contributed by atoms with van der Waals surface area (Å²) >= 11 is 0. The number of halogens is 3. The van der Waals surface area contributed by atoms with Gasteiger partial charge in [-0.25, -0.2) is 0 Å². The summed E-state index contributed by atoms with van der Waals surface area (Å²) in [5, 5.41) is 0. The molecule has 0 aromatic heterocycles. The van der Waals surface area contributed by atoms with Gasteiger partial charge < -0.3 is 14.2 Å². The van der Waals surface area contributed by atoms with Gasteiger partial charge in [-0.05, 0) is 54.7 Å². The molecule has 0 heterocycles. The number of rotatable bonds is 7. The molecular formula is C22H23F3O4. The van der Waals surface area contributed by atoms with Crippen LogP contribution in [0.5, 0.6) is 5.75 Å². The first-order valence-corrected chi connectivity index (χ1v) is 9.47. The van der Waals surface area contributed by atoms with Gasteiger partial charge in [0.1, 0.15) is 11.9 Å². The van der Waals surface area contributed by atoms with Crippen LogP contribution >= 0.6 is 0 Å². The summed E-state index contributed by atoms with van der Waals surface area (Å²) in [6.45, 7) is 2.29. The van der Waals surface area contributed by atoms with E-state index in [0.29, 0.717) is 36.3 Å². The molecule has 2 aromatic rings. The Hall–Kier alpha value is -2.54. The minimum Gasteiger partial charge on any atom is -0.486 e. The summed E-state index contributed by atoms with van der Waals surface area (Å²) < 4.78 is 55.9. The van der Waals surface area contributed by atoms with E-state index in [4.69, 9.17) is 14.2 Å². The number of esters is 1. The van der Waals surface area contributed by atoms with Gasteiger partial charge in [0.2, 0.25) is 0 Å². The lowest BCUT2D eigenvalue weighted by molar-refractivity contribution is -0.144. The Kier molecular flexibility index (Phi) is 6.47. The maximum Gasteiger partial charge on any atom is 0.416 e. The minimum absolute atomic E-state index is 0.0980. The van der Waals surface area contributed by atoms with Gasteiger partial charge in [-0.15, -0.1) is 0 Å². The molecule has 29 heavy (non-hydrogen) atoms. The molecule has 156 valence electrons. The SMILES string of the molecule is CCO[C@@H](CC(=O)OC)c1ccc(OC2CCc3c2cccc3C(F)(F)F)cc1. The van der Waals surface area contributed by atoms with Crippen LogP contribution in [-0.2, 0) is 26.9 Å². The predicted octanol–water partition coefficient (Wildman–Crippen LogP) is 5.41. The van der Waals surface area contributed by atoms with Crippen LogP contribution in [0, 0.1) is 0 Å². The fraction of sp³-hybridized carbons (Fsp3) is 0.409. The summed E-state index contributed by atoms with van der Waals surface area (Å²) in [4.78, 5) is 11.6. The average molecular weight is 408 g/mol. The Morgan fingerprint density at radius 3 is 2.52 bits per heavy atom. The number of methoxy groups -OCH3 is 1. The molecule has 1 aliphatic rings. The van der Waals surface area contributed by atoms with Crippen molar-refractivity contribution in [3.05, 3.63) is 64.7 Å². The minimum atomic E-state index is -4.37. The summed E-state index contributed by atoms with van der Waals surface area (Å²) in [6.07, 6.45) is -4.29. The quantitative estimate of drug-likeness (QED) is 0.575. The number of carbonyl (C=O) groups is 1. The first kappa shape index (κ1) is 21.2. The first-order valence-electron chi connectivity index (χ1n) is 9.47. The van der Waals surface area contributed by atoms with Gasteiger partial charge in [-0.2, -0.15) is 13.2 Å². The molecule has 4 nitrogen and oxygen atoms in total. The van der Waals surface area contributed by atoms with Crippen LogP contribution in [0.3, 0.4) is 0 Å². The molecule has 7 heteroatoms. The van der Waals surface area contributed by atoms with E-state index in [1.54, 1.807) is 30.3 Å². The zero-order valence-electron chi connectivity index (χ0n) is 16.3. The standard InChI is InChI=1S/C22H23F3O4/c1-3-28-20(13-21(26)27-2)14-7-9-15(10-8-14)29-19-12-11-16-17(19)5-4-6-18(16)22(23,24)25/h4-10,19-20H,3,11-13H2,1-2H3/t19?,20-/m0/s1. The number of ether oxygens (including phenoxy) is 3. The van der Waals surface area contributed by atoms with Gasteiger partial charge >= 0.3 is 12.1 Å². The molecule has 0 bridgehead atoms. The van der Waals surface area contributed by atoms with Gasteiger partial charge in [0, 0.05) is 6.61 Å². The van der Waals surface area contributed by atoms with Crippen LogP contribution in [0.15, 0.2) is 42.5 Å². The van der Waals surface area contributed by atoms with Crippen LogP contribution < -0.4 is 4.74 Å². The van der Waals surface area contributed by atoms with Crippen LogP contribution in [-0.4, -0.2) is 19.7 Å². The lowest BCUT2D eigenvalue weighted by atomic mass is 10.0. The normalized spacial score (nSPS) is 16.9. The fourth-order valence-corrected chi connectivity index (χ4v) is 3.64. The highest BCUT2D eigenvalue weighted by Crippen LogP contribution is 2.42. The van der Waals surface area contributed by atoms with E-state index in [2.05, 4.69) is 0 Å². The van der Waals surface area contributed by atoms with E-state index in [-0.39, 0.29) is 12.4 Å². The van der Waals surface area contributed by atoms with E-state index in [0.717, 1.165) is 11.6 Å². The Labute approximate surface area is 167 Å². The number of hydrogen-bond donors (Lipinski definition) is 0. The molecule has 0 saturated heterocycles. The lowest BCUT2D eigenvalue weighted by Crippen LogP contribution is -2.12. The van der Waals surface area contributed by atoms with Crippen molar-refractivity contribution in [3.63, 3.8) is 0 Å². The second kappa shape index (κ2) is 8.86. The highest BCUT2D eigenvalue weighted by molar-refractivity contribution is 5.70. The van der Waals surface area contributed by atoms with Gasteiger partial charge in [-0.1, -0.05) is 24.3 Å². The van der Waals surface area contributed by atoms with Crippen molar-refractivity contribution in [3.8, 4) is 5.75 Å².